The zero-order valence-corrected chi connectivity index (χ0v) is 20.8. The van der Waals surface area contributed by atoms with E-state index in [9.17, 15) is 25.1 Å². The Balaban J connectivity index is 2.10. The van der Waals surface area contributed by atoms with Crippen LogP contribution in [0.2, 0.25) is 0 Å². The Bertz CT molecular complexity index is 705. The van der Waals surface area contributed by atoms with E-state index in [2.05, 4.69) is 24.4 Å². The molecule has 1 rings (SSSR count). The SMILES string of the molecule is CCCCCCCC/C=C/CCCCCCCC(=O)N[C@H](CO)[C@@H](O)c1ccc([N+](=O)[O-])cc1. The molecule has 0 unspecified atom stereocenters. The van der Waals surface area contributed by atoms with Gasteiger partial charge in [-0.1, -0.05) is 70.4 Å². The molecule has 3 N–H and O–H groups in total. The normalized spacial score (nSPS) is 13.1. The van der Waals surface area contributed by atoms with E-state index in [1.165, 1.54) is 75.6 Å². The molecular formula is C27H44N2O5. The van der Waals surface area contributed by atoms with E-state index in [0.717, 1.165) is 32.1 Å². The van der Waals surface area contributed by atoms with Crippen molar-refractivity contribution in [2.75, 3.05) is 6.61 Å². The maximum absolute atomic E-state index is 12.2. The maximum atomic E-state index is 12.2. The second-order valence-corrected chi connectivity index (χ2v) is 8.98. The van der Waals surface area contributed by atoms with E-state index in [-0.39, 0.29) is 11.6 Å². The third kappa shape index (κ3) is 13.5. The van der Waals surface area contributed by atoms with Crippen LogP contribution in [0.15, 0.2) is 36.4 Å². The van der Waals surface area contributed by atoms with Crippen LogP contribution in [0.4, 0.5) is 5.69 Å². The van der Waals surface area contributed by atoms with Crippen LogP contribution in [-0.4, -0.2) is 33.7 Å². The second kappa shape index (κ2) is 19.1. The summed E-state index contributed by atoms with van der Waals surface area (Å²) < 4.78 is 0. The molecule has 0 aromatic heterocycles. The monoisotopic (exact) mass is 476 g/mol. The van der Waals surface area contributed by atoms with Gasteiger partial charge in [0.25, 0.3) is 5.69 Å². The number of rotatable bonds is 20. The number of carbonyl (C=O) groups is 1. The number of unbranched alkanes of at least 4 members (excludes halogenated alkanes) is 11. The Labute approximate surface area is 204 Å². The third-order valence-corrected chi connectivity index (χ3v) is 6.04. The Morgan fingerprint density at radius 1 is 0.941 bits per heavy atom. The molecule has 1 aromatic rings. The first-order chi connectivity index (χ1) is 16.5. The van der Waals surface area contributed by atoms with Crippen LogP contribution in [0.3, 0.4) is 0 Å². The molecule has 34 heavy (non-hydrogen) atoms. The van der Waals surface area contributed by atoms with Gasteiger partial charge in [0.05, 0.1) is 17.6 Å². The topological polar surface area (TPSA) is 113 Å². The molecule has 0 bridgehead atoms. The Hall–Kier alpha value is -2.25. The molecule has 7 heteroatoms. The van der Waals surface area contributed by atoms with Gasteiger partial charge in [-0.2, -0.15) is 0 Å². The fourth-order valence-electron chi connectivity index (χ4n) is 3.89. The number of benzene rings is 1. The number of non-ortho nitro benzene ring substituents is 1. The molecule has 0 aliphatic rings. The van der Waals surface area contributed by atoms with Crippen LogP contribution in [0, 0.1) is 10.1 Å². The van der Waals surface area contributed by atoms with Crippen molar-refractivity contribution in [3.63, 3.8) is 0 Å². The van der Waals surface area contributed by atoms with E-state index in [0.29, 0.717) is 12.0 Å². The van der Waals surface area contributed by atoms with Crippen LogP contribution < -0.4 is 5.32 Å². The highest BCUT2D eigenvalue weighted by Gasteiger charge is 2.22. The Kier molecular flexibility index (Phi) is 16.7. The van der Waals surface area contributed by atoms with Gasteiger partial charge >= 0.3 is 0 Å². The summed E-state index contributed by atoms with van der Waals surface area (Å²) >= 11 is 0. The number of hydrogen-bond donors (Lipinski definition) is 3. The smallest absolute Gasteiger partial charge is 0.269 e. The minimum Gasteiger partial charge on any atom is -0.394 e. The summed E-state index contributed by atoms with van der Waals surface area (Å²) in [5.41, 5.74) is 0.329. The molecule has 0 saturated heterocycles. The number of nitro benzene ring substituents is 1. The molecule has 0 radical (unpaired) electrons. The Morgan fingerprint density at radius 3 is 2.00 bits per heavy atom. The number of amides is 1. The van der Waals surface area contributed by atoms with Crippen molar-refractivity contribution < 1.29 is 19.9 Å². The standard InChI is InChI=1S/C27H44N2O5/c1-2-3-4-5-6-7-8-9-10-11-12-13-14-15-16-17-26(31)28-25(22-30)27(32)23-18-20-24(21-19-23)29(33)34/h9-10,18-21,25,27,30,32H,2-8,11-17,22H2,1H3,(H,28,31)/b10-9+/t25-,27+/m1/s1. The van der Waals surface area contributed by atoms with Gasteiger partial charge in [0, 0.05) is 18.6 Å². The molecule has 0 fully saturated rings. The van der Waals surface area contributed by atoms with Crippen LogP contribution in [0.1, 0.15) is 108 Å². The summed E-state index contributed by atoms with van der Waals surface area (Å²) in [6.45, 7) is 1.82. The highest BCUT2D eigenvalue weighted by Crippen LogP contribution is 2.20. The van der Waals surface area contributed by atoms with E-state index in [1.54, 1.807) is 0 Å². The van der Waals surface area contributed by atoms with Gasteiger partial charge in [-0.05, 0) is 49.8 Å². The van der Waals surface area contributed by atoms with Crippen molar-refractivity contribution in [2.45, 2.75) is 109 Å². The lowest BCUT2D eigenvalue weighted by atomic mass is 10.0. The molecule has 0 heterocycles. The minimum atomic E-state index is -1.14. The molecular weight excluding hydrogens is 432 g/mol. The first kappa shape index (κ1) is 29.8. The number of allylic oxidation sites excluding steroid dienone is 2. The van der Waals surface area contributed by atoms with Crippen LogP contribution in [0.25, 0.3) is 0 Å². The van der Waals surface area contributed by atoms with Gasteiger partial charge in [-0.3, -0.25) is 14.9 Å². The van der Waals surface area contributed by atoms with Gasteiger partial charge in [0.1, 0.15) is 6.10 Å². The molecule has 1 amide bonds. The summed E-state index contributed by atoms with van der Waals surface area (Å²) in [7, 11) is 0. The van der Waals surface area contributed by atoms with Gasteiger partial charge in [-0.25, -0.2) is 0 Å². The largest absolute Gasteiger partial charge is 0.394 e. The average molecular weight is 477 g/mol. The van der Waals surface area contributed by atoms with Crippen molar-refractivity contribution in [1.82, 2.24) is 5.32 Å². The van der Waals surface area contributed by atoms with Crippen LogP contribution >= 0.6 is 0 Å². The highest BCUT2D eigenvalue weighted by molar-refractivity contribution is 5.76. The van der Waals surface area contributed by atoms with Crippen molar-refractivity contribution in [3.8, 4) is 0 Å². The summed E-state index contributed by atoms with van der Waals surface area (Å²) in [6.07, 6.45) is 19.3. The molecule has 0 saturated carbocycles. The maximum Gasteiger partial charge on any atom is 0.269 e. The third-order valence-electron chi connectivity index (χ3n) is 6.04. The number of nitro groups is 1. The van der Waals surface area contributed by atoms with Crippen molar-refractivity contribution >= 4 is 11.6 Å². The molecule has 1 aromatic carbocycles. The number of hydrogen-bond acceptors (Lipinski definition) is 5. The Morgan fingerprint density at radius 2 is 1.47 bits per heavy atom. The summed E-state index contributed by atoms with van der Waals surface area (Å²) in [5, 5.41) is 33.4. The number of aliphatic hydroxyl groups is 2. The first-order valence-corrected chi connectivity index (χ1v) is 13.0. The summed E-state index contributed by atoms with van der Waals surface area (Å²) in [4.78, 5) is 22.4. The van der Waals surface area contributed by atoms with Crippen molar-refractivity contribution in [1.29, 1.82) is 0 Å². The number of nitrogens with zero attached hydrogens (tertiary/aromatic N) is 1. The predicted molar refractivity (Wildman–Crippen MR) is 137 cm³/mol. The van der Waals surface area contributed by atoms with Crippen LogP contribution in [-0.2, 0) is 4.79 Å². The first-order valence-electron chi connectivity index (χ1n) is 13.0. The van der Waals surface area contributed by atoms with Gasteiger partial charge in [-0.15, -0.1) is 0 Å². The molecule has 0 spiro atoms. The van der Waals surface area contributed by atoms with Gasteiger partial charge in [0.15, 0.2) is 0 Å². The second-order valence-electron chi connectivity index (χ2n) is 8.98. The molecule has 2 atom stereocenters. The van der Waals surface area contributed by atoms with Crippen molar-refractivity contribution in [2.24, 2.45) is 0 Å². The van der Waals surface area contributed by atoms with E-state index >= 15 is 0 Å². The van der Waals surface area contributed by atoms with Gasteiger partial charge < -0.3 is 15.5 Å². The predicted octanol–water partition coefficient (Wildman–Crippen LogP) is 6.14. The number of aliphatic hydroxyl groups excluding tert-OH is 2. The van der Waals surface area contributed by atoms with E-state index in [1.807, 2.05) is 0 Å². The van der Waals surface area contributed by atoms with Crippen LogP contribution in [0.5, 0.6) is 0 Å². The minimum absolute atomic E-state index is 0.0790. The fraction of sp³-hybridized carbons (Fsp3) is 0.667. The molecule has 192 valence electrons. The van der Waals surface area contributed by atoms with Crippen molar-refractivity contribution in [3.05, 3.63) is 52.1 Å². The quantitative estimate of drug-likeness (QED) is 0.0905. The zero-order chi connectivity index (χ0) is 25.0. The van der Waals surface area contributed by atoms with Gasteiger partial charge in [0.2, 0.25) is 5.91 Å². The fourth-order valence-corrected chi connectivity index (χ4v) is 3.89. The number of nitrogens with one attached hydrogen (secondary N) is 1. The lowest BCUT2D eigenvalue weighted by molar-refractivity contribution is -0.384. The molecule has 0 aliphatic carbocycles. The summed E-state index contributed by atoms with van der Waals surface area (Å²) in [6, 6.07) is 4.60. The highest BCUT2D eigenvalue weighted by atomic mass is 16.6. The zero-order valence-electron chi connectivity index (χ0n) is 20.8. The van der Waals surface area contributed by atoms with E-state index < -0.39 is 23.7 Å². The number of carbonyl (C=O) groups excluding carboxylic acids is 1. The molecule has 7 nitrogen and oxygen atoms in total. The lowest BCUT2D eigenvalue weighted by Gasteiger charge is -2.22. The average Bonchev–Trinajstić information content (AvgIpc) is 2.84. The summed E-state index contributed by atoms with van der Waals surface area (Å²) in [5.74, 6) is -0.211. The lowest BCUT2D eigenvalue weighted by Crippen LogP contribution is -2.41. The molecule has 0 aliphatic heterocycles. The van der Waals surface area contributed by atoms with E-state index in [4.69, 9.17) is 0 Å².